The molecule has 1 aliphatic carbocycles. The number of Topliss-reactive ketones (excluding diaryl/α,β-unsaturated/α-hetero) is 1. The van der Waals surface area contributed by atoms with E-state index < -0.39 is 0 Å². The van der Waals surface area contributed by atoms with Gasteiger partial charge in [0.1, 0.15) is 5.78 Å². The summed E-state index contributed by atoms with van der Waals surface area (Å²) in [6.45, 7) is 2.40. The minimum absolute atomic E-state index is 0.528. The van der Waals surface area contributed by atoms with Crippen molar-refractivity contribution in [2.45, 2.75) is 82.8 Å². The quantitative estimate of drug-likeness (QED) is 0.696. The van der Waals surface area contributed by atoms with E-state index >= 15 is 0 Å². The van der Waals surface area contributed by atoms with Gasteiger partial charge in [0.2, 0.25) is 0 Å². The molecule has 4 unspecified atom stereocenters. The zero-order valence-corrected chi connectivity index (χ0v) is 11.0. The molecule has 3 aliphatic rings. The molecule has 2 heterocycles. The Morgan fingerprint density at radius 1 is 0.941 bits per heavy atom. The number of hydrogen-bond donors (Lipinski definition) is 0. The minimum Gasteiger partial charge on any atom is -0.300 e. The van der Waals surface area contributed by atoms with Gasteiger partial charge in [0.05, 0.1) is 0 Å². The summed E-state index contributed by atoms with van der Waals surface area (Å²) in [6, 6.07) is 2.00. The van der Waals surface area contributed by atoms with Crippen molar-refractivity contribution in [3.63, 3.8) is 0 Å². The van der Waals surface area contributed by atoms with E-state index in [1.54, 1.807) is 0 Å². The maximum absolute atomic E-state index is 11.7. The molecule has 3 fully saturated rings. The van der Waals surface area contributed by atoms with Crippen LogP contribution in [0.25, 0.3) is 0 Å². The fraction of sp³-hybridized carbons (Fsp3) is 0.933. The highest BCUT2D eigenvalue weighted by molar-refractivity contribution is 5.80. The van der Waals surface area contributed by atoms with Crippen LogP contribution in [-0.2, 0) is 4.79 Å². The molecular formula is C15H25NO. The van der Waals surface area contributed by atoms with Crippen LogP contribution >= 0.6 is 0 Å². The average molecular weight is 235 g/mol. The molecule has 0 N–H and O–H groups in total. The summed E-state index contributed by atoms with van der Waals surface area (Å²) >= 11 is 0. The Kier molecular flexibility index (Phi) is 3.25. The summed E-state index contributed by atoms with van der Waals surface area (Å²) in [5.41, 5.74) is 0. The zero-order chi connectivity index (χ0) is 11.8. The van der Waals surface area contributed by atoms with Crippen LogP contribution in [0.5, 0.6) is 0 Å². The highest BCUT2D eigenvalue weighted by Crippen LogP contribution is 2.38. The van der Waals surface area contributed by atoms with Crippen molar-refractivity contribution in [2.75, 3.05) is 0 Å². The lowest BCUT2D eigenvalue weighted by atomic mass is 9.78. The summed E-state index contributed by atoms with van der Waals surface area (Å²) in [7, 11) is 0. The number of nitrogens with zero attached hydrogens (tertiary/aromatic N) is 1. The monoisotopic (exact) mass is 235 g/mol. The molecule has 3 rings (SSSR count). The largest absolute Gasteiger partial charge is 0.300 e. The van der Waals surface area contributed by atoms with E-state index in [1.807, 2.05) is 0 Å². The van der Waals surface area contributed by atoms with Crippen molar-refractivity contribution < 1.29 is 4.79 Å². The van der Waals surface area contributed by atoms with Crippen molar-refractivity contribution in [3.05, 3.63) is 0 Å². The smallest absolute Gasteiger partial charge is 0.136 e. The number of carbonyl (C=O) groups excluding carboxylic acids is 1. The molecule has 2 heteroatoms. The van der Waals surface area contributed by atoms with Gasteiger partial charge >= 0.3 is 0 Å². The van der Waals surface area contributed by atoms with Crippen LogP contribution in [0.4, 0.5) is 0 Å². The number of carbonyl (C=O) groups is 1. The molecule has 2 saturated heterocycles. The second-order valence-electron chi connectivity index (χ2n) is 6.56. The number of ketones is 1. The van der Waals surface area contributed by atoms with E-state index in [-0.39, 0.29) is 0 Å². The van der Waals surface area contributed by atoms with Crippen LogP contribution in [0.15, 0.2) is 0 Å². The summed E-state index contributed by atoms with van der Waals surface area (Å²) in [4.78, 5) is 14.5. The molecule has 2 bridgehead atoms. The van der Waals surface area contributed by atoms with Crippen LogP contribution in [0.1, 0.15) is 64.7 Å². The van der Waals surface area contributed by atoms with E-state index in [4.69, 9.17) is 0 Å². The van der Waals surface area contributed by atoms with Gasteiger partial charge in [0, 0.05) is 31.0 Å². The number of rotatable bonds is 1. The van der Waals surface area contributed by atoms with Gasteiger partial charge < -0.3 is 0 Å². The normalized spacial score (nSPS) is 43.7. The predicted molar refractivity (Wildman–Crippen MR) is 68.9 cm³/mol. The Hall–Kier alpha value is -0.370. The van der Waals surface area contributed by atoms with Crippen molar-refractivity contribution in [1.82, 2.24) is 4.90 Å². The van der Waals surface area contributed by atoms with Gasteiger partial charge in [-0.05, 0) is 31.6 Å². The van der Waals surface area contributed by atoms with Crippen LogP contribution in [0.3, 0.4) is 0 Å². The maximum atomic E-state index is 11.7. The van der Waals surface area contributed by atoms with E-state index in [2.05, 4.69) is 11.8 Å². The third-order valence-corrected chi connectivity index (χ3v) is 5.17. The molecule has 0 amide bonds. The zero-order valence-electron chi connectivity index (χ0n) is 11.0. The molecule has 17 heavy (non-hydrogen) atoms. The molecule has 0 spiro atoms. The Labute approximate surface area is 105 Å². The lowest BCUT2D eigenvalue weighted by Gasteiger charge is -2.51. The standard InChI is InChI=1S/C15H25NO/c1-11-4-2-5-12(8-11)16-13-6-3-7-14(16)10-15(17)9-13/h11-14H,2-10H2,1H3. The molecule has 96 valence electrons. The Morgan fingerprint density at radius 2 is 1.53 bits per heavy atom. The Bertz CT molecular complexity index is 285. The first-order chi connectivity index (χ1) is 8.24. The predicted octanol–water partition coefficient (Wildman–Crippen LogP) is 3.15. The van der Waals surface area contributed by atoms with Crippen molar-refractivity contribution in [2.24, 2.45) is 5.92 Å². The summed E-state index contributed by atoms with van der Waals surface area (Å²) in [5, 5.41) is 0. The molecule has 1 saturated carbocycles. The maximum Gasteiger partial charge on any atom is 0.136 e. The van der Waals surface area contributed by atoms with Crippen LogP contribution in [-0.4, -0.2) is 28.8 Å². The molecule has 0 aromatic rings. The second-order valence-corrected chi connectivity index (χ2v) is 6.56. The van der Waals surface area contributed by atoms with Crippen LogP contribution in [0.2, 0.25) is 0 Å². The molecule has 2 nitrogen and oxygen atoms in total. The lowest BCUT2D eigenvalue weighted by molar-refractivity contribution is -0.129. The van der Waals surface area contributed by atoms with E-state index in [0.717, 1.165) is 24.8 Å². The van der Waals surface area contributed by atoms with Gasteiger partial charge in [-0.15, -0.1) is 0 Å². The van der Waals surface area contributed by atoms with Gasteiger partial charge in [-0.1, -0.05) is 26.2 Å². The molecule has 0 aromatic carbocycles. The molecule has 0 aromatic heterocycles. The fourth-order valence-corrected chi connectivity index (χ4v) is 4.48. The number of fused-ring (bicyclic) bond motifs is 2. The average Bonchev–Trinajstić information content (AvgIpc) is 2.27. The van der Waals surface area contributed by atoms with Crippen molar-refractivity contribution in [1.29, 1.82) is 0 Å². The fourth-order valence-electron chi connectivity index (χ4n) is 4.48. The van der Waals surface area contributed by atoms with Crippen LogP contribution in [0, 0.1) is 5.92 Å². The molecule has 4 atom stereocenters. The SMILES string of the molecule is CC1CCCC(N2C3CCCC2CC(=O)C3)C1. The summed E-state index contributed by atoms with van der Waals surface area (Å²) in [6.07, 6.45) is 11.2. The van der Waals surface area contributed by atoms with Gasteiger partial charge in [0.25, 0.3) is 0 Å². The van der Waals surface area contributed by atoms with E-state index in [1.165, 1.54) is 44.9 Å². The summed E-state index contributed by atoms with van der Waals surface area (Å²) in [5.74, 6) is 1.42. The minimum atomic E-state index is 0.528. The Balaban J connectivity index is 1.74. The first-order valence-corrected chi connectivity index (χ1v) is 7.53. The number of piperidine rings is 2. The molecule has 0 radical (unpaired) electrons. The third kappa shape index (κ3) is 2.29. The lowest BCUT2D eigenvalue weighted by Crippen LogP contribution is -2.57. The van der Waals surface area contributed by atoms with Gasteiger partial charge in [-0.25, -0.2) is 0 Å². The highest BCUT2D eigenvalue weighted by Gasteiger charge is 2.41. The number of hydrogen-bond acceptors (Lipinski definition) is 2. The molecule has 2 aliphatic heterocycles. The highest BCUT2D eigenvalue weighted by atomic mass is 16.1. The molecular weight excluding hydrogens is 210 g/mol. The van der Waals surface area contributed by atoms with Crippen molar-refractivity contribution in [3.8, 4) is 0 Å². The van der Waals surface area contributed by atoms with Gasteiger partial charge in [-0.2, -0.15) is 0 Å². The first-order valence-electron chi connectivity index (χ1n) is 7.53. The van der Waals surface area contributed by atoms with Crippen LogP contribution < -0.4 is 0 Å². The topological polar surface area (TPSA) is 20.3 Å². The Morgan fingerprint density at radius 3 is 2.18 bits per heavy atom. The third-order valence-electron chi connectivity index (χ3n) is 5.17. The first kappa shape index (κ1) is 11.7. The van der Waals surface area contributed by atoms with Crippen molar-refractivity contribution >= 4 is 5.78 Å². The summed E-state index contributed by atoms with van der Waals surface area (Å²) < 4.78 is 0. The van der Waals surface area contributed by atoms with E-state index in [9.17, 15) is 4.79 Å². The van der Waals surface area contributed by atoms with Gasteiger partial charge in [-0.3, -0.25) is 9.69 Å². The van der Waals surface area contributed by atoms with Gasteiger partial charge in [0.15, 0.2) is 0 Å². The van der Waals surface area contributed by atoms with E-state index in [0.29, 0.717) is 17.9 Å². The second kappa shape index (κ2) is 4.72.